The Morgan fingerprint density at radius 2 is 2.00 bits per heavy atom. The van der Waals surface area contributed by atoms with E-state index in [1.54, 1.807) is 12.3 Å². The maximum atomic E-state index is 12.9. The number of hydrogen-bond donors (Lipinski definition) is 1. The second kappa shape index (κ2) is 6.10. The third kappa shape index (κ3) is 2.78. The third-order valence-corrected chi connectivity index (χ3v) is 4.86. The molecule has 3 heterocycles. The molecule has 0 saturated carbocycles. The highest BCUT2D eigenvalue weighted by atomic mass is 32.1. The summed E-state index contributed by atoms with van der Waals surface area (Å²) in [5.74, 6) is 0.575. The van der Waals surface area contributed by atoms with Gasteiger partial charge in [0.25, 0.3) is 5.56 Å². The first-order valence-corrected chi connectivity index (χ1v) is 8.59. The summed E-state index contributed by atoms with van der Waals surface area (Å²) >= 11 is 1.47. The maximum absolute atomic E-state index is 12.9. The van der Waals surface area contributed by atoms with E-state index in [2.05, 4.69) is 20.1 Å². The fraction of sp³-hybridized carbons (Fsp3) is 0.111. The number of aliphatic imine (C=N–C) groups is 1. The number of pyridine rings is 1. The van der Waals surface area contributed by atoms with E-state index in [0.717, 1.165) is 15.9 Å². The molecule has 0 spiro atoms. The highest BCUT2D eigenvalue weighted by Crippen LogP contribution is 2.23. The Balaban J connectivity index is 1.81. The highest BCUT2D eigenvalue weighted by Gasteiger charge is 2.17. The Labute approximate surface area is 147 Å². The van der Waals surface area contributed by atoms with E-state index < -0.39 is 0 Å². The van der Waals surface area contributed by atoms with Crippen molar-refractivity contribution >= 4 is 33.1 Å². The van der Waals surface area contributed by atoms with Crippen LogP contribution in [0.5, 0.6) is 0 Å². The molecule has 7 heteroatoms. The molecule has 0 fully saturated rings. The lowest BCUT2D eigenvalue weighted by Gasteiger charge is -1.97. The molecule has 1 aromatic carbocycles. The third-order valence-electron chi connectivity index (χ3n) is 3.84. The maximum Gasteiger partial charge on any atom is 0.282 e. The van der Waals surface area contributed by atoms with Gasteiger partial charge in [-0.25, -0.2) is 15.0 Å². The van der Waals surface area contributed by atoms with Gasteiger partial charge in [-0.15, -0.1) is 0 Å². The van der Waals surface area contributed by atoms with Crippen LogP contribution in [0.25, 0.3) is 15.3 Å². The van der Waals surface area contributed by atoms with Crippen LogP contribution in [0.3, 0.4) is 0 Å². The summed E-state index contributed by atoms with van der Waals surface area (Å²) in [7, 11) is 0. The monoisotopic (exact) mass is 349 g/mol. The molecule has 4 aromatic rings. The van der Waals surface area contributed by atoms with Gasteiger partial charge in [0.1, 0.15) is 0 Å². The van der Waals surface area contributed by atoms with Gasteiger partial charge < -0.3 is 0 Å². The van der Waals surface area contributed by atoms with Gasteiger partial charge in [-0.3, -0.25) is 9.89 Å². The number of fused-ring (bicyclic) bond motifs is 1. The van der Waals surface area contributed by atoms with E-state index >= 15 is 0 Å². The lowest BCUT2D eigenvalue weighted by molar-refractivity contribution is 0.829. The molecule has 0 saturated heterocycles. The van der Waals surface area contributed by atoms with Crippen molar-refractivity contribution in [1.29, 1.82) is 0 Å². The first-order valence-electron chi connectivity index (χ1n) is 7.78. The van der Waals surface area contributed by atoms with Crippen molar-refractivity contribution in [1.82, 2.24) is 19.7 Å². The summed E-state index contributed by atoms with van der Waals surface area (Å²) < 4.78 is 2.52. The minimum absolute atomic E-state index is 0.159. The molecule has 0 aliphatic rings. The highest BCUT2D eigenvalue weighted by molar-refractivity contribution is 7.20. The molecule has 6 nitrogen and oxygen atoms in total. The number of aromatic nitrogens is 4. The average Bonchev–Trinajstić information content (AvgIpc) is 3.16. The minimum atomic E-state index is -0.159. The van der Waals surface area contributed by atoms with E-state index in [1.165, 1.54) is 16.0 Å². The number of para-hydroxylation sites is 1. The largest absolute Gasteiger partial charge is 0.293 e. The summed E-state index contributed by atoms with van der Waals surface area (Å²) in [5, 5.41) is 3.72. The molecular formula is C18H15N5OS. The van der Waals surface area contributed by atoms with Crippen molar-refractivity contribution in [2.45, 2.75) is 13.8 Å². The lowest BCUT2D eigenvalue weighted by Crippen LogP contribution is -2.19. The molecule has 3 aromatic heterocycles. The molecule has 0 radical (unpaired) electrons. The summed E-state index contributed by atoms with van der Waals surface area (Å²) in [6.45, 7) is 3.67. The topological polar surface area (TPSA) is 75.9 Å². The first kappa shape index (κ1) is 15.5. The van der Waals surface area contributed by atoms with Crippen LogP contribution in [0.2, 0.25) is 0 Å². The molecular weight excluding hydrogens is 334 g/mol. The number of rotatable bonds is 3. The Morgan fingerprint density at radius 3 is 2.76 bits per heavy atom. The smallest absolute Gasteiger partial charge is 0.282 e. The van der Waals surface area contributed by atoms with Gasteiger partial charge in [0.05, 0.1) is 21.5 Å². The second-order valence-corrected chi connectivity index (χ2v) is 6.61. The molecule has 0 aliphatic carbocycles. The Kier molecular flexibility index (Phi) is 3.77. The molecule has 0 aliphatic heterocycles. The number of hydrogen-bond acceptors (Lipinski definition) is 5. The van der Waals surface area contributed by atoms with Crippen LogP contribution in [0.15, 0.2) is 58.4 Å². The van der Waals surface area contributed by atoms with Crippen molar-refractivity contribution in [2.24, 2.45) is 4.99 Å². The van der Waals surface area contributed by atoms with Gasteiger partial charge in [-0.1, -0.05) is 29.5 Å². The quantitative estimate of drug-likeness (QED) is 0.574. The number of aryl methyl sites for hydroxylation is 1. The van der Waals surface area contributed by atoms with Crippen molar-refractivity contribution in [3.05, 3.63) is 70.3 Å². The van der Waals surface area contributed by atoms with Gasteiger partial charge in [0, 0.05) is 11.9 Å². The number of benzene rings is 1. The van der Waals surface area contributed by atoms with Crippen molar-refractivity contribution in [2.75, 3.05) is 0 Å². The second-order valence-electron chi connectivity index (χ2n) is 5.60. The van der Waals surface area contributed by atoms with E-state index in [4.69, 9.17) is 0 Å². The minimum Gasteiger partial charge on any atom is -0.293 e. The van der Waals surface area contributed by atoms with E-state index in [0.29, 0.717) is 22.2 Å². The Bertz CT molecular complexity index is 1100. The Morgan fingerprint density at radius 1 is 1.20 bits per heavy atom. The van der Waals surface area contributed by atoms with Crippen LogP contribution in [0, 0.1) is 6.92 Å². The summed E-state index contributed by atoms with van der Waals surface area (Å²) in [5.41, 5.74) is 2.64. The van der Waals surface area contributed by atoms with Gasteiger partial charge in [0.15, 0.2) is 5.82 Å². The molecule has 0 unspecified atom stereocenters. The lowest BCUT2D eigenvalue weighted by atomic mass is 10.2. The fourth-order valence-corrected chi connectivity index (χ4v) is 3.64. The van der Waals surface area contributed by atoms with Gasteiger partial charge in [0.2, 0.25) is 5.13 Å². The van der Waals surface area contributed by atoms with E-state index in [1.807, 2.05) is 50.2 Å². The van der Waals surface area contributed by atoms with Crippen molar-refractivity contribution in [3.8, 4) is 5.13 Å². The van der Waals surface area contributed by atoms with Crippen LogP contribution in [0.1, 0.15) is 18.2 Å². The zero-order valence-electron chi connectivity index (χ0n) is 13.7. The molecule has 0 atom stereocenters. The van der Waals surface area contributed by atoms with Gasteiger partial charge in [-0.05, 0) is 38.1 Å². The summed E-state index contributed by atoms with van der Waals surface area (Å²) in [4.78, 5) is 26.1. The van der Waals surface area contributed by atoms with Crippen LogP contribution in [-0.2, 0) is 0 Å². The normalized spacial score (nSPS) is 12.0. The number of nitrogens with one attached hydrogen (secondary N) is 1. The zero-order valence-corrected chi connectivity index (χ0v) is 14.5. The number of nitrogens with zero attached hydrogens (tertiary/aromatic N) is 4. The molecule has 124 valence electrons. The number of aromatic amines is 1. The SMILES string of the molecule is C/C(=N\c1ccccn1)c1c(C)[nH]n(-c2nc3ccccc3s2)c1=O. The zero-order chi connectivity index (χ0) is 17.4. The van der Waals surface area contributed by atoms with Crippen LogP contribution in [0.4, 0.5) is 5.82 Å². The van der Waals surface area contributed by atoms with Crippen LogP contribution in [-0.4, -0.2) is 25.5 Å². The van der Waals surface area contributed by atoms with Crippen molar-refractivity contribution < 1.29 is 0 Å². The summed E-state index contributed by atoms with van der Waals surface area (Å²) in [6, 6.07) is 13.3. The molecule has 1 N–H and O–H groups in total. The van der Waals surface area contributed by atoms with Gasteiger partial charge in [-0.2, -0.15) is 4.68 Å². The predicted octanol–water partition coefficient (Wildman–Crippen LogP) is 3.62. The predicted molar refractivity (Wildman–Crippen MR) is 100 cm³/mol. The van der Waals surface area contributed by atoms with E-state index in [-0.39, 0.29) is 5.56 Å². The van der Waals surface area contributed by atoms with Crippen molar-refractivity contribution in [3.63, 3.8) is 0 Å². The van der Waals surface area contributed by atoms with Crippen LogP contribution < -0.4 is 5.56 Å². The van der Waals surface area contributed by atoms with Gasteiger partial charge >= 0.3 is 0 Å². The molecule has 25 heavy (non-hydrogen) atoms. The first-order chi connectivity index (χ1) is 12.1. The molecule has 0 bridgehead atoms. The molecule has 4 rings (SSSR count). The number of H-pyrrole nitrogens is 1. The number of thiazole rings is 1. The summed E-state index contributed by atoms with van der Waals surface area (Å²) in [6.07, 6.45) is 1.68. The van der Waals surface area contributed by atoms with E-state index in [9.17, 15) is 4.79 Å². The standard InChI is InChI=1S/C18H15N5OS/c1-11(20-15-9-5-6-10-19-15)16-12(2)22-23(17(16)24)18-21-13-7-3-4-8-14(13)25-18/h3-10,22H,1-2H3/b20-11+. The Hall–Kier alpha value is -3.06. The van der Waals surface area contributed by atoms with Crippen LogP contribution >= 0.6 is 11.3 Å². The fourth-order valence-electron chi connectivity index (χ4n) is 2.71. The average molecular weight is 349 g/mol. The molecule has 0 amide bonds.